The van der Waals surface area contributed by atoms with Crippen molar-refractivity contribution in [2.75, 3.05) is 26.9 Å². The average Bonchev–Trinajstić information content (AvgIpc) is 2.88. The van der Waals surface area contributed by atoms with Crippen LogP contribution < -0.4 is 4.57 Å². The fraction of sp³-hybridized carbons (Fsp3) is 0.385. The van der Waals surface area contributed by atoms with Gasteiger partial charge in [0.1, 0.15) is 18.9 Å². The van der Waals surface area contributed by atoms with Crippen LogP contribution in [0.1, 0.15) is 0 Å². The molecule has 5 nitrogen and oxygen atoms in total. The number of imidazole rings is 1. The summed E-state index contributed by atoms with van der Waals surface area (Å²) in [5, 5.41) is 0. The normalized spacial score (nSPS) is 10.7. The number of methoxy groups -OCH3 is 1. The minimum Gasteiger partial charge on any atom is -0.382 e. The summed E-state index contributed by atoms with van der Waals surface area (Å²) in [6, 6.07) is 5.85. The molecule has 18 heavy (non-hydrogen) atoms. The number of aromatic nitrogens is 3. The number of ether oxygens (including phenoxy) is 2. The molecule has 0 fully saturated rings. The van der Waals surface area contributed by atoms with Gasteiger partial charge in [0.05, 0.1) is 19.8 Å². The first-order valence-corrected chi connectivity index (χ1v) is 5.95. The van der Waals surface area contributed by atoms with Crippen LogP contribution in [0.5, 0.6) is 0 Å². The van der Waals surface area contributed by atoms with Crippen LogP contribution in [-0.2, 0) is 16.0 Å². The Morgan fingerprint density at radius 2 is 2.22 bits per heavy atom. The van der Waals surface area contributed by atoms with Gasteiger partial charge in [-0.3, -0.25) is 0 Å². The van der Waals surface area contributed by atoms with Gasteiger partial charge in [-0.15, -0.1) is 0 Å². The summed E-state index contributed by atoms with van der Waals surface area (Å²) in [7, 11) is 1.67. The first-order valence-electron chi connectivity index (χ1n) is 5.95. The molecule has 0 saturated carbocycles. The molecule has 2 heterocycles. The second-order valence-electron chi connectivity index (χ2n) is 3.85. The molecule has 0 aliphatic heterocycles. The van der Waals surface area contributed by atoms with E-state index in [2.05, 4.69) is 9.55 Å². The maximum absolute atomic E-state index is 5.42. The van der Waals surface area contributed by atoms with Crippen LogP contribution in [0.15, 0.2) is 43.1 Å². The summed E-state index contributed by atoms with van der Waals surface area (Å²) in [4.78, 5) is 4.28. The average molecular weight is 248 g/mol. The smallest absolute Gasteiger partial charge is 0.250 e. The monoisotopic (exact) mass is 248 g/mol. The molecule has 0 aromatic carbocycles. The summed E-state index contributed by atoms with van der Waals surface area (Å²) >= 11 is 0. The Hall–Kier alpha value is -1.72. The molecule has 0 radical (unpaired) electrons. The van der Waals surface area contributed by atoms with E-state index in [9.17, 15) is 0 Å². The molecular weight excluding hydrogens is 230 g/mol. The van der Waals surface area contributed by atoms with Crippen molar-refractivity contribution in [2.24, 2.45) is 0 Å². The van der Waals surface area contributed by atoms with Gasteiger partial charge in [0.25, 0.3) is 0 Å². The summed E-state index contributed by atoms with van der Waals surface area (Å²) in [6.45, 7) is 2.78. The molecule has 2 aromatic rings. The molecule has 2 rings (SSSR count). The van der Waals surface area contributed by atoms with Crippen LogP contribution in [0.3, 0.4) is 0 Å². The van der Waals surface area contributed by atoms with Gasteiger partial charge in [-0.25, -0.2) is 9.55 Å². The lowest BCUT2D eigenvalue weighted by Gasteiger charge is -2.00. The topological polar surface area (TPSA) is 40.2 Å². The summed E-state index contributed by atoms with van der Waals surface area (Å²) < 4.78 is 14.4. The zero-order chi connectivity index (χ0) is 12.6. The van der Waals surface area contributed by atoms with Crippen LogP contribution >= 0.6 is 0 Å². The van der Waals surface area contributed by atoms with Crippen molar-refractivity contribution in [2.45, 2.75) is 6.54 Å². The Bertz CT molecular complexity index is 456. The SMILES string of the molecule is COCCOCC[n+]1ccn(-c2ccccn2)c1. The lowest BCUT2D eigenvalue weighted by Crippen LogP contribution is -2.33. The van der Waals surface area contributed by atoms with E-state index in [1.807, 2.05) is 41.5 Å². The van der Waals surface area contributed by atoms with Gasteiger partial charge in [-0.1, -0.05) is 6.07 Å². The Morgan fingerprint density at radius 3 is 3.00 bits per heavy atom. The van der Waals surface area contributed by atoms with Crippen molar-refractivity contribution in [3.05, 3.63) is 43.1 Å². The molecule has 96 valence electrons. The number of rotatable bonds is 7. The second-order valence-corrected chi connectivity index (χ2v) is 3.85. The minimum absolute atomic E-state index is 0.637. The summed E-state index contributed by atoms with van der Waals surface area (Å²) in [5.41, 5.74) is 0. The predicted molar refractivity (Wildman–Crippen MR) is 66.5 cm³/mol. The lowest BCUT2D eigenvalue weighted by molar-refractivity contribution is -0.697. The van der Waals surface area contributed by atoms with E-state index < -0.39 is 0 Å². The maximum Gasteiger partial charge on any atom is 0.250 e. The van der Waals surface area contributed by atoms with Gasteiger partial charge in [0.2, 0.25) is 12.1 Å². The third-order valence-electron chi connectivity index (χ3n) is 2.53. The van der Waals surface area contributed by atoms with E-state index in [0.717, 1.165) is 12.4 Å². The fourth-order valence-electron chi connectivity index (χ4n) is 1.58. The Labute approximate surface area is 107 Å². The zero-order valence-corrected chi connectivity index (χ0v) is 10.5. The summed E-state index contributed by atoms with van der Waals surface area (Å²) in [5.74, 6) is 0.913. The van der Waals surface area contributed by atoms with Gasteiger partial charge < -0.3 is 9.47 Å². The molecule has 0 saturated heterocycles. The van der Waals surface area contributed by atoms with Crippen molar-refractivity contribution in [1.82, 2.24) is 9.55 Å². The molecule has 2 aromatic heterocycles. The number of pyridine rings is 1. The van der Waals surface area contributed by atoms with Crippen LogP contribution in [0.2, 0.25) is 0 Å². The molecule has 0 aliphatic rings. The van der Waals surface area contributed by atoms with Crippen molar-refractivity contribution < 1.29 is 14.0 Å². The first kappa shape index (κ1) is 12.7. The molecule has 0 bridgehead atoms. The molecule has 0 N–H and O–H groups in total. The van der Waals surface area contributed by atoms with E-state index in [1.165, 1.54) is 0 Å². The molecule has 0 unspecified atom stereocenters. The molecular formula is C13H18N3O2+. The van der Waals surface area contributed by atoms with Gasteiger partial charge in [0, 0.05) is 19.4 Å². The molecule has 0 spiro atoms. The second kappa shape index (κ2) is 6.88. The minimum atomic E-state index is 0.637. The largest absolute Gasteiger partial charge is 0.382 e. The highest BCUT2D eigenvalue weighted by Crippen LogP contribution is 1.99. The molecule has 5 heteroatoms. The van der Waals surface area contributed by atoms with Crippen LogP contribution in [0.4, 0.5) is 0 Å². The van der Waals surface area contributed by atoms with Gasteiger partial charge in [-0.2, -0.15) is 4.57 Å². The Morgan fingerprint density at radius 1 is 1.28 bits per heavy atom. The number of hydrogen-bond donors (Lipinski definition) is 0. The highest BCUT2D eigenvalue weighted by molar-refractivity contribution is 5.19. The Balaban J connectivity index is 1.83. The number of hydrogen-bond acceptors (Lipinski definition) is 3. The van der Waals surface area contributed by atoms with Crippen LogP contribution in [-0.4, -0.2) is 36.5 Å². The lowest BCUT2D eigenvalue weighted by atomic mass is 10.5. The third-order valence-corrected chi connectivity index (χ3v) is 2.53. The number of nitrogens with zero attached hydrogens (tertiary/aromatic N) is 3. The predicted octanol–water partition coefficient (Wildman–Crippen LogP) is 0.823. The van der Waals surface area contributed by atoms with Crippen molar-refractivity contribution >= 4 is 0 Å². The highest BCUT2D eigenvalue weighted by atomic mass is 16.5. The van der Waals surface area contributed by atoms with Crippen molar-refractivity contribution in [1.29, 1.82) is 0 Å². The van der Waals surface area contributed by atoms with Gasteiger partial charge in [0.15, 0.2) is 0 Å². The zero-order valence-electron chi connectivity index (χ0n) is 10.5. The van der Waals surface area contributed by atoms with Gasteiger partial charge >= 0.3 is 0 Å². The fourth-order valence-corrected chi connectivity index (χ4v) is 1.58. The Kier molecular flexibility index (Phi) is 4.87. The third kappa shape index (κ3) is 3.65. The summed E-state index contributed by atoms with van der Waals surface area (Å²) in [6.07, 6.45) is 7.78. The quantitative estimate of drug-likeness (QED) is 0.538. The molecule has 0 atom stereocenters. The van der Waals surface area contributed by atoms with E-state index in [0.29, 0.717) is 19.8 Å². The first-order chi connectivity index (χ1) is 8.90. The van der Waals surface area contributed by atoms with E-state index >= 15 is 0 Å². The van der Waals surface area contributed by atoms with E-state index in [-0.39, 0.29) is 0 Å². The maximum atomic E-state index is 5.42. The van der Waals surface area contributed by atoms with Crippen LogP contribution in [0, 0.1) is 0 Å². The van der Waals surface area contributed by atoms with E-state index in [4.69, 9.17) is 9.47 Å². The highest BCUT2D eigenvalue weighted by Gasteiger charge is 2.06. The van der Waals surface area contributed by atoms with Crippen LogP contribution in [0.25, 0.3) is 5.82 Å². The van der Waals surface area contributed by atoms with Crippen molar-refractivity contribution in [3.8, 4) is 5.82 Å². The molecule has 0 aliphatic carbocycles. The van der Waals surface area contributed by atoms with Crippen molar-refractivity contribution in [3.63, 3.8) is 0 Å². The van der Waals surface area contributed by atoms with E-state index in [1.54, 1.807) is 13.3 Å². The standard InChI is InChI=1S/C13H18N3O2/c1-17-10-11-18-9-8-15-6-7-16(12-15)13-4-2-3-5-14-13/h2-7,12H,8-11H2,1H3/q+1. The molecule has 0 amide bonds. The van der Waals surface area contributed by atoms with Gasteiger partial charge in [-0.05, 0) is 6.07 Å².